The van der Waals surface area contributed by atoms with Crippen molar-refractivity contribution in [1.82, 2.24) is 9.38 Å². The van der Waals surface area contributed by atoms with E-state index in [0.29, 0.717) is 41.2 Å². The molecule has 2 aromatic heterocycles. The molecule has 0 aliphatic carbocycles. The molecule has 6 nitrogen and oxygen atoms in total. The Balaban J connectivity index is 1.69. The Morgan fingerprint density at radius 2 is 1.94 bits per heavy atom. The molecular formula is C24H19F3N2O4S. The van der Waals surface area contributed by atoms with Crippen LogP contribution in [0.5, 0.6) is 5.75 Å². The third-order valence-electron chi connectivity index (χ3n) is 5.69. The molecule has 0 unspecified atom stereocenters. The number of hydrogen-bond acceptors (Lipinski definition) is 5. The molecule has 34 heavy (non-hydrogen) atoms. The predicted molar refractivity (Wildman–Crippen MR) is 118 cm³/mol. The third-order valence-corrected chi connectivity index (χ3v) is 6.80. The Labute approximate surface area is 193 Å². The van der Waals surface area contributed by atoms with Gasteiger partial charge in [-0.1, -0.05) is 30.3 Å². The topological polar surface area (TPSA) is 69.9 Å². The maximum Gasteiger partial charge on any atom is 0.387 e. The number of aromatic nitrogens is 2. The first-order valence-electron chi connectivity index (χ1n) is 10.4. The van der Waals surface area contributed by atoms with Crippen LogP contribution in [0, 0.1) is 5.82 Å². The minimum absolute atomic E-state index is 0.0199. The summed E-state index contributed by atoms with van der Waals surface area (Å²) in [6.07, 6.45) is 2.30. The lowest BCUT2D eigenvalue weighted by molar-refractivity contribution is -0.0522. The summed E-state index contributed by atoms with van der Waals surface area (Å²) in [4.78, 5) is 4.60. The molecule has 0 spiro atoms. The van der Waals surface area contributed by atoms with Gasteiger partial charge in [-0.3, -0.25) is 4.40 Å². The quantitative estimate of drug-likeness (QED) is 0.403. The first-order chi connectivity index (χ1) is 16.2. The van der Waals surface area contributed by atoms with Crippen molar-refractivity contribution in [1.29, 1.82) is 0 Å². The van der Waals surface area contributed by atoms with Crippen LogP contribution in [-0.2, 0) is 21.0 Å². The maximum absolute atomic E-state index is 15.1. The number of imidazole rings is 1. The van der Waals surface area contributed by atoms with Gasteiger partial charge in [0.2, 0.25) is 0 Å². The normalized spacial score (nSPS) is 16.1. The van der Waals surface area contributed by atoms with Crippen LogP contribution < -0.4 is 4.74 Å². The summed E-state index contributed by atoms with van der Waals surface area (Å²) in [6.45, 7) is -2.70. The Morgan fingerprint density at radius 3 is 2.71 bits per heavy atom. The minimum Gasteiger partial charge on any atom is -0.434 e. The molecule has 3 heterocycles. The third kappa shape index (κ3) is 4.03. The molecule has 0 N–H and O–H groups in total. The van der Waals surface area contributed by atoms with Gasteiger partial charge in [-0.15, -0.1) is 0 Å². The highest BCUT2D eigenvalue weighted by atomic mass is 32.2. The van der Waals surface area contributed by atoms with Gasteiger partial charge in [-0.05, 0) is 23.8 Å². The maximum atomic E-state index is 15.1. The van der Waals surface area contributed by atoms with Crippen LogP contribution in [0.15, 0.2) is 65.7 Å². The Bertz CT molecular complexity index is 1500. The second kappa shape index (κ2) is 8.44. The molecule has 0 saturated heterocycles. The summed E-state index contributed by atoms with van der Waals surface area (Å²) in [5.41, 5.74) is 2.50. The molecule has 0 saturated carbocycles. The van der Waals surface area contributed by atoms with Crippen LogP contribution in [0.3, 0.4) is 0 Å². The zero-order valence-corrected chi connectivity index (χ0v) is 18.7. The lowest BCUT2D eigenvalue weighted by atomic mass is 10.0. The Morgan fingerprint density at radius 1 is 1.15 bits per heavy atom. The summed E-state index contributed by atoms with van der Waals surface area (Å²) in [5.74, 6) is -0.590. The van der Waals surface area contributed by atoms with Gasteiger partial charge < -0.3 is 9.47 Å². The summed E-state index contributed by atoms with van der Waals surface area (Å²) in [6, 6.07) is 13.6. The number of rotatable bonds is 5. The second-order valence-electron chi connectivity index (χ2n) is 7.92. The summed E-state index contributed by atoms with van der Waals surface area (Å²) < 4.78 is 77.4. The average molecular weight is 488 g/mol. The number of hydrogen-bond donors (Lipinski definition) is 0. The van der Waals surface area contributed by atoms with Gasteiger partial charge in [0.25, 0.3) is 0 Å². The van der Waals surface area contributed by atoms with Crippen LogP contribution in [-0.4, -0.2) is 37.3 Å². The number of sulfone groups is 1. The molecule has 0 radical (unpaired) electrons. The van der Waals surface area contributed by atoms with E-state index in [2.05, 4.69) is 4.98 Å². The van der Waals surface area contributed by atoms with Gasteiger partial charge in [0.15, 0.2) is 9.84 Å². The number of pyridine rings is 1. The van der Waals surface area contributed by atoms with E-state index in [1.807, 2.05) is 0 Å². The van der Waals surface area contributed by atoms with E-state index >= 15 is 4.39 Å². The Kier molecular flexibility index (Phi) is 5.57. The van der Waals surface area contributed by atoms with Crippen molar-refractivity contribution in [3.05, 3.63) is 83.6 Å². The first-order valence-corrected chi connectivity index (χ1v) is 12.3. The van der Waals surface area contributed by atoms with E-state index in [9.17, 15) is 17.2 Å². The number of alkyl halides is 2. The van der Waals surface area contributed by atoms with Crippen molar-refractivity contribution >= 4 is 15.5 Å². The number of halogens is 3. The molecule has 1 aliphatic heterocycles. The molecule has 0 fully saturated rings. The van der Waals surface area contributed by atoms with Crippen LogP contribution in [0.2, 0.25) is 0 Å². The zero-order valence-electron chi connectivity index (χ0n) is 17.9. The number of nitrogens with zero attached hydrogens (tertiary/aromatic N) is 2. The highest BCUT2D eigenvalue weighted by molar-refractivity contribution is 7.90. The van der Waals surface area contributed by atoms with Crippen LogP contribution >= 0.6 is 0 Å². The van der Waals surface area contributed by atoms with E-state index in [-0.39, 0.29) is 16.2 Å². The lowest BCUT2D eigenvalue weighted by Gasteiger charge is -2.25. The van der Waals surface area contributed by atoms with Crippen LogP contribution in [0.25, 0.3) is 16.8 Å². The molecular weight excluding hydrogens is 469 g/mol. The molecule has 0 amide bonds. The van der Waals surface area contributed by atoms with Gasteiger partial charge in [0.1, 0.15) is 23.3 Å². The van der Waals surface area contributed by atoms with E-state index in [0.717, 1.165) is 6.26 Å². The monoisotopic (exact) mass is 488 g/mol. The Hall–Kier alpha value is -3.37. The van der Waals surface area contributed by atoms with E-state index in [4.69, 9.17) is 9.47 Å². The predicted octanol–water partition coefficient (Wildman–Crippen LogP) is 4.81. The number of fused-ring (bicyclic) bond motifs is 3. The van der Waals surface area contributed by atoms with Crippen molar-refractivity contribution in [3.63, 3.8) is 0 Å². The lowest BCUT2D eigenvalue weighted by Crippen LogP contribution is -2.20. The largest absolute Gasteiger partial charge is 0.434 e. The minimum atomic E-state index is -3.49. The fraction of sp³-hybridized carbons (Fsp3) is 0.208. The molecule has 10 heteroatoms. The van der Waals surface area contributed by atoms with Crippen molar-refractivity contribution in [3.8, 4) is 16.9 Å². The molecule has 0 bridgehead atoms. The first kappa shape index (κ1) is 22.4. The van der Waals surface area contributed by atoms with E-state index in [1.165, 1.54) is 30.5 Å². The van der Waals surface area contributed by atoms with Crippen molar-refractivity contribution < 1.29 is 31.1 Å². The summed E-state index contributed by atoms with van der Waals surface area (Å²) in [5, 5.41) is 0. The highest BCUT2D eigenvalue weighted by Gasteiger charge is 2.31. The van der Waals surface area contributed by atoms with Crippen LogP contribution in [0.4, 0.5) is 13.2 Å². The number of para-hydroxylation sites is 1. The molecule has 1 aliphatic rings. The van der Waals surface area contributed by atoms with Gasteiger partial charge in [-0.25, -0.2) is 17.8 Å². The zero-order chi connectivity index (χ0) is 24.0. The summed E-state index contributed by atoms with van der Waals surface area (Å²) in [7, 11) is -3.49. The van der Waals surface area contributed by atoms with Crippen molar-refractivity contribution in [2.24, 2.45) is 0 Å². The fourth-order valence-electron chi connectivity index (χ4n) is 4.19. The standard InChI is InChI=1S/C24H19F3N2O4S/c1-34(30,31)15-6-4-5-14(11-15)17-13-29-21(12-18(17)25)28-19-9-10-32-23(22(19)29)16-7-2-3-8-20(16)33-24(26)27/h2-8,11-13,23-24H,9-10H2,1H3/t23-/m1/s1. The van der Waals surface area contributed by atoms with Crippen LogP contribution in [0.1, 0.15) is 23.1 Å². The molecule has 5 rings (SSSR count). The SMILES string of the molecule is CS(=O)(=O)c1cccc(-c2cn3c4c(nc3cc2F)CCO[C@@H]4c2ccccc2OC(F)F)c1. The summed E-state index contributed by atoms with van der Waals surface area (Å²) >= 11 is 0. The number of benzene rings is 2. The van der Waals surface area contributed by atoms with Crippen molar-refractivity contribution in [2.45, 2.75) is 24.0 Å². The second-order valence-corrected chi connectivity index (χ2v) is 9.94. The number of ether oxygens (including phenoxy) is 2. The van der Waals surface area contributed by atoms with Gasteiger partial charge >= 0.3 is 6.61 Å². The van der Waals surface area contributed by atoms with Gasteiger partial charge in [0.05, 0.1) is 22.9 Å². The molecule has 2 aromatic carbocycles. The van der Waals surface area contributed by atoms with Gasteiger partial charge in [-0.2, -0.15) is 8.78 Å². The van der Waals surface area contributed by atoms with E-state index < -0.39 is 28.4 Å². The molecule has 176 valence electrons. The van der Waals surface area contributed by atoms with Gasteiger partial charge in [0, 0.05) is 36.1 Å². The fourth-order valence-corrected chi connectivity index (χ4v) is 4.86. The smallest absolute Gasteiger partial charge is 0.387 e. The molecule has 1 atom stereocenters. The van der Waals surface area contributed by atoms with E-state index in [1.54, 1.807) is 34.7 Å². The van der Waals surface area contributed by atoms with Crippen molar-refractivity contribution in [2.75, 3.05) is 12.9 Å². The molecule has 4 aromatic rings. The average Bonchev–Trinajstić information content (AvgIpc) is 3.15. The highest BCUT2D eigenvalue weighted by Crippen LogP contribution is 2.39.